The molecule has 1 aromatic rings. The summed E-state index contributed by atoms with van der Waals surface area (Å²) in [5.41, 5.74) is 6.76. The SMILES string of the molecule is CN(C)C1CCCN(C(=O)c2c(N)cccc2Cl)C1. The van der Waals surface area contributed by atoms with Crippen LogP contribution < -0.4 is 5.73 Å². The van der Waals surface area contributed by atoms with Gasteiger partial charge in [0.05, 0.1) is 10.6 Å². The van der Waals surface area contributed by atoms with E-state index < -0.39 is 0 Å². The Morgan fingerprint density at radius 3 is 2.84 bits per heavy atom. The molecule has 2 rings (SSSR count). The second kappa shape index (κ2) is 5.80. The Kier molecular flexibility index (Phi) is 4.32. The van der Waals surface area contributed by atoms with E-state index >= 15 is 0 Å². The minimum atomic E-state index is -0.0605. The topological polar surface area (TPSA) is 49.6 Å². The van der Waals surface area contributed by atoms with Crippen molar-refractivity contribution < 1.29 is 4.79 Å². The van der Waals surface area contributed by atoms with E-state index in [1.807, 2.05) is 19.0 Å². The first-order valence-corrected chi connectivity index (χ1v) is 6.88. The molecular weight excluding hydrogens is 262 g/mol. The zero-order valence-corrected chi connectivity index (χ0v) is 12.2. The lowest BCUT2D eigenvalue weighted by Gasteiger charge is -2.36. The smallest absolute Gasteiger partial charge is 0.257 e. The van der Waals surface area contributed by atoms with Crippen molar-refractivity contribution in [3.05, 3.63) is 28.8 Å². The van der Waals surface area contributed by atoms with Crippen molar-refractivity contribution in [1.82, 2.24) is 9.80 Å². The van der Waals surface area contributed by atoms with Crippen molar-refractivity contribution >= 4 is 23.2 Å². The number of nitrogen functional groups attached to an aromatic ring is 1. The lowest BCUT2D eigenvalue weighted by molar-refractivity contribution is 0.0636. The monoisotopic (exact) mass is 281 g/mol. The van der Waals surface area contributed by atoms with Crippen LogP contribution in [0.2, 0.25) is 5.02 Å². The van der Waals surface area contributed by atoms with Crippen molar-refractivity contribution in [1.29, 1.82) is 0 Å². The highest BCUT2D eigenvalue weighted by molar-refractivity contribution is 6.34. The van der Waals surface area contributed by atoms with Crippen LogP contribution in [-0.2, 0) is 0 Å². The number of halogens is 1. The predicted molar refractivity (Wildman–Crippen MR) is 78.5 cm³/mol. The third-order valence-electron chi connectivity index (χ3n) is 3.67. The number of hydrogen-bond donors (Lipinski definition) is 1. The van der Waals surface area contributed by atoms with Gasteiger partial charge in [-0.05, 0) is 39.1 Å². The van der Waals surface area contributed by atoms with Crippen LogP contribution in [0.1, 0.15) is 23.2 Å². The average molecular weight is 282 g/mol. The summed E-state index contributed by atoms with van der Waals surface area (Å²) in [4.78, 5) is 16.6. The number of likely N-dealkylation sites (N-methyl/N-ethyl adjacent to an activating group) is 1. The molecule has 0 radical (unpaired) electrons. The second-order valence-electron chi connectivity index (χ2n) is 5.21. The molecule has 0 bridgehead atoms. The highest BCUT2D eigenvalue weighted by Gasteiger charge is 2.27. The van der Waals surface area contributed by atoms with Crippen LogP contribution in [-0.4, -0.2) is 48.9 Å². The molecule has 1 heterocycles. The summed E-state index contributed by atoms with van der Waals surface area (Å²) in [6.45, 7) is 1.50. The quantitative estimate of drug-likeness (QED) is 0.845. The minimum Gasteiger partial charge on any atom is -0.398 e. The molecule has 0 aromatic heterocycles. The van der Waals surface area contributed by atoms with Gasteiger partial charge in [0.25, 0.3) is 5.91 Å². The van der Waals surface area contributed by atoms with E-state index in [1.54, 1.807) is 18.2 Å². The lowest BCUT2D eigenvalue weighted by atomic mass is 10.0. The second-order valence-corrected chi connectivity index (χ2v) is 5.62. The number of hydrogen-bond acceptors (Lipinski definition) is 3. The van der Waals surface area contributed by atoms with Gasteiger partial charge in [-0.15, -0.1) is 0 Å². The maximum Gasteiger partial charge on any atom is 0.257 e. The van der Waals surface area contributed by atoms with Crippen LogP contribution in [0, 0.1) is 0 Å². The number of carbonyl (C=O) groups is 1. The molecule has 1 aliphatic rings. The lowest BCUT2D eigenvalue weighted by Crippen LogP contribution is -2.47. The molecule has 0 saturated carbocycles. The average Bonchev–Trinajstić information content (AvgIpc) is 2.38. The number of nitrogens with two attached hydrogens (primary N) is 1. The van der Waals surface area contributed by atoms with Crippen molar-refractivity contribution in [3.63, 3.8) is 0 Å². The Labute approximate surface area is 119 Å². The van der Waals surface area contributed by atoms with Gasteiger partial charge >= 0.3 is 0 Å². The Hall–Kier alpha value is -1.26. The molecule has 1 aromatic carbocycles. The standard InChI is InChI=1S/C14H20ClN3O/c1-17(2)10-5-4-8-18(9-10)14(19)13-11(15)6-3-7-12(13)16/h3,6-7,10H,4-5,8-9,16H2,1-2H3. The number of piperidine rings is 1. The third kappa shape index (κ3) is 3.01. The van der Waals surface area contributed by atoms with E-state index in [4.69, 9.17) is 17.3 Å². The predicted octanol–water partition coefficient (Wildman–Crippen LogP) is 2.09. The first-order chi connectivity index (χ1) is 9.00. The fourth-order valence-electron chi connectivity index (χ4n) is 2.49. The highest BCUT2D eigenvalue weighted by atomic mass is 35.5. The largest absolute Gasteiger partial charge is 0.398 e. The molecule has 0 spiro atoms. The Bertz CT molecular complexity index is 456. The summed E-state index contributed by atoms with van der Waals surface area (Å²) in [7, 11) is 4.09. The molecule has 1 unspecified atom stereocenters. The van der Waals surface area contributed by atoms with Crippen LogP contribution in [0.15, 0.2) is 18.2 Å². The van der Waals surface area contributed by atoms with Gasteiger partial charge in [-0.1, -0.05) is 17.7 Å². The van der Waals surface area contributed by atoms with E-state index in [-0.39, 0.29) is 5.91 Å². The van der Waals surface area contributed by atoms with Crippen LogP contribution in [0.5, 0.6) is 0 Å². The number of carbonyl (C=O) groups excluding carboxylic acids is 1. The number of rotatable bonds is 2. The molecule has 5 heteroatoms. The van der Waals surface area contributed by atoms with Gasteiger partial charge in [0.2, 0.25) is 0 Å². The number of benzene rings is 1. The van der Waals surface area contributed by atoms with Gasteiger partial charge in [0.15, 0.2) is 0 Å². The Morgan fingerprint density at radius 2 is 2.21 bits per heavy atom. The maximum atomic E-state index is 12.6. The van der Waals surface area contributed by atoms with Crippen molar-refractivity contribution in [2.24, 2.45) is 0 Å². The van der Waals surface area contributed by atoms with E-state index in [0.29, 0.717) is 22.3 Å². The number of likely N-dealkylation sites (tertiary alicyclic amines) is 1. The van der Waals surface area contributed by atoms with Crippen molar-refractivity contribution in [2.75, 3.05) is 32.9 Å². The van der Waals surface area contributed by atoms with Gasteiger partial charge in [-0.25, -0.2) is 0 Å². The van der Waals surface area contributed by atoms with E-state index in [9.17, 15) is 4.79 Å². The summed E-state index contributed by atoms with van der Waals surface area (Å²) < 4.78 is 0. The molecule has 2 N–H and O–H groups in total. The van der Waals surface area contributed by atoms with E-state index in [1.165, 1.54) is 0 Å². The van der Waals surface area contributed by atoms with Crippen molar-refractivity contribution in [3.8, 4) is 0 Å². The summed E-state index contributed by atoms with van der Waals surface area (Å²) in [6.07, 6.45) is 2.13. The summed E-state index contributed by atoms with van der Waals surface area (Å²) in [6, 6.07) is 5.58. The van der Waals surface area contributed by atoms with E-state index in [2.05, 4.69) is 4.90 Å². The molecule has 1 amide bonds. The molecule has 19 heavy (non-hydrogen) atoms. The van der Waals surface area contributed by atoms with Gasteiger partial charge in [0.1, 0.15) is 0 Å². The first-order valence-electron chi connectivity index (χ1n) is 6.50. The van der Waals surface area contributed by atoms with E-state index in [0.717, 1.165) is 25.9 Å². The molecule has 0 aliphatic carbocycles. The van der Waals surface area contributed by atoms with Crippen LogP contribution in [0.3, 0.4) is 0 Å². The molecule has 1 fully saturated rings. The fourth-order valence-corrected chi connectivity index (χ4v) is 2.75. The zero-order valence-electron chi connectivity index (χ0n) is 11.4. The Balaban J connectivity index is 2.20. The fraction of sp³-hybridized carbons (Fsp3) is 0.500. The Morgan fingerprint density at radius 1 is 1.47 bits per heavy atom. The van der Waals surface area contributed by atoms with Crippen LogP contribution >= 0.6 is 11.6 Å². The van der Waals surface area contributed by atoms with Gasteiger partial charge < -0.3 is 15.5 Å². The minimum absolute atomic E-state index is 0.0605. The molecule has 1 saturated heterocycles. The molecule has 4 nitrogen and oxygen atoms in total. The normalized spacial score (nSPS) is 19.8. The van der Waals surface area contributed by atoms with Crippen molar-refractivity contribution in [2.45, 2.75) is 18.9 Å². The number of anilines is 1. The van der Waals surface area contributed by atoms with Crippen LogP contribution in [0.25, 0.3) is 0 Å². The summed E-state index contributed by atoms with van der Waals surface area (Å²) in [5.74, 6) is -0.0605. The molecule has 104 valence electrons. The molecule has 1 atom stereocenters. The summed E-state index contributed by atoms with van der Waals surface area (Å²) in [5, 5.41) is 0.428. The van der Waals surface area contributed by atoms with Gasteiger partial charge in [0, 0.05) is 24.8 Å². The molecule has 1 aliphatic heterocycles. The van der Waals surface area contributed by atoms with Gasteiger partial charge in [-0.3, -0.25) is 4.79 Å². The zero-order chi connectivity index (χ0) is 14.0. The first kappa shape index (κ1) is 14.2. The number of nitrogens with zero attached hydrogens (tertiary/aromatic N) is 2. The number of amides is 1. The highest BCUT2D eigenvalue weighted by Crippen LogP contribution is 2.25. The third-order valence-corrected chi connectivity index (χ3v) is 3.99. The molecular formula is C14H20ClN3O. The van der Waals surface area contributed by atoms with Gasteiger partial charge in [-0.2, -0.15) is 0 Å². The van der Waals surface area contributed by atoms with Crippen LogP contribution in [0.4, 0.5) is 5.69 Å². The summed E-state index contributed by atoms with van der Waals surface area (Å²) >= 11 is 6.10. The maximum absolute atomic E-state index is 12.6.